The molecule has 1 saturated heterocycles. The van der Waals surface area contributed by atoms with Crippen molar-refractivity contribution in [2.45, 2.75) is 46.6 Å². The molecule has 30 heavy (non-hydrogen) atoms. The van der Waals surface area contributed by atoms with Crippen LogP contribution in [0.25, 0.3) is 0 Å². The Morgan fingerprint density at radius 3 is 2.53 bits per heavy atom. The first-order valence-electron chi connectivity index (χ1n) is 10.4. The van der Waals surface area contributed by atoms with Crippen LogP contribution in [0.4, 0.5) is 4.79 Å². The summed E-state index contributed by atoms with van der Waals surface area (Å²) in [6, 6.07) is 0. The molecule has 2 N–H and O–H groups in total. The number of carbonyl (C=O) groups excluding carboxylic acids is 1. The van der Waals surface area contributed by atoms with Gasteiger partial charge in [0.05, 0.1) is 17.2 Å². The van der Waals surface area contributed by atoms with Gasteiger partial charge in [0.1, 0.15) is 5.60 Å². The van der Waals surface area contributed by atoms with Crippen LogP contribution in [-0.2, 0) is 11.2 Å². The Balaban J connectivity index is 0.00000450. The monoisotopic (exact) mass is 552 g/mol. The standard InChI is InChI=1S/C20H36N6O2S.HI/c1-6-21-18(22-8-7-17-15-29-16(2)24-17)23-9-10-25-11-13-26(14-12-25)19(27)28-20(3,4)5;/h15H,6-14H2,1-5H3,(H2,21,22,23);1H. The third-order valence-electron chi connectivity index (χ3n) is 4.39. The van der Waals surface area contributed by atoms with E-state index in [4.69, 9.17) is 4.74 Å². The lowest BCUT2D eigenvalue weighted by Gasteiger charge is -2.35. The number of aromatic nitrogens is 1. The van der Waals surface area contributed by atoms with Crippen LogP contribution in [0.2, 0.25) is 0 Å². The number of amides is 1. The van der Waals surface area contributed by atoms with Gasteiger partial charge in [0.2, 0.25) is 0 Å². The van der Waals surface area contributed by atoms with E-state index in [2.05, 4.69) is 37.8 Å². The number of piperazine rings is 1. The fraction of sp³-hybridized carbons (Fsp3) is 0.750. The molecule has 0 saturated carbocycles. The summed E-state index contributed by atoms with van der Waals surface area (Å²) in [5.74, 6) is 0.840. The average Bonchev–Trinajstić information content (AvgIpc) is 3.06. The van der Waals surface area contributed by atoms with Gasteiger partial charge in [-0.15, -0.1) is 35.3 Å². The number of aliphatic imine (C=N–C) groups is 1. The molecule has 0 aromatic carbocycles. The number of rotatable bonds is 7. The van der Waals surface area contributed by atoms with E-state index < -0.39 is 5.60 Å². The quantitative estimate of drug-likeness (QED) is 0.308. The van der Waals surface area contributed by atoms with Gasteiger partial charge in [-0.05, 0) is 34.6 Å². The highest BCUT2D eigenvalue weighted by atomic mass is 127. The number of nitrogens with zero attached hydrogens (tertiary/aromatic N) is 4. The zero-order chi connectivity index (χ0) is 21.3. The molecule has 10 heteroatoms. The number of ether oxygens (including phenoxy) is 1. The molecule has 0 bridgehead atoms. The van der Waals surface area contributed by atoms with E-state index in [-0.39, 0.29) is 30.1 Å². The lowest BCUT2D eigenvalue weighted by molar-refractivity contribution is 0.0148. The van der Waals surface area contributed by atoms with E-state index >= 15 is 0 Å². The smallest absolute Gasteiger partial charge is 0.410 e. The van der Waals surface area contributed by atoms with Crippen molar-refractivity contribution in [1.82, 2.24) is 25.4 Å². The summed E-state index contributed by atoms with van der Waals surface area (Å²) in [6.07, 6.45) is 0.672. The Morgan fingerprint density at radius 2 is 1.97 bits per heavy atom. The topological polar surface area (TPSA) is 82.1 Å². The first-order valence-corrected chi connectivity index (χ1v) is 11.3. The number of thiazole rings is 1. The van der Waals surface area contributed by atoms with Crippen molar-refractivity contribution in [3.63, 3.8) is 0 Å². The van der Waals surface area contributed by atoms with Crippen LogP contribution in [0.15, 0.2) is 10.4 Å². The first kappa shape index (κ1) is 26.9. The Morgan fingerprint density at radius 1 is 1.27 bits per heavy atom. The minimum Gasteiger partial charge on any atom is -0.444 e. The van der Waals surface area contributed by atoms with Crippen LogP contribution in [0.1, 0.15) is 38.4 Å². The molecular weight excluding hydrogens is 515 g/mol. The number of aryl methyl sites for hydroxylation is 1. The summed E-state index contributed by atoms with van der Waals surface area (Å²) in [7, 11) is 0. The normalized spacial score (nSPS) is 15.5. The molecular formula is C20H37IN6O2S. The Hall–Kier alpha value is -1.14. The van der Waals surface area contributed by atoms with Gasteiger partial charge in [-0.1, -0.05) is 0 Å². The predicted octanol–water partition coefficient (Wildman–Crippen LogP) is 2.72. The van der Waals surface area contributed by atoms with Crippen LogP contribution in [0.5, 0.6) is 0 Å². The minimum absolute atomic E-state index is 0. The van der Waals surface area contributed by atoms with E-state index in [1.165, 1.54) is 0 Å². The molecule has 0 spiro atoms. The minimum atomic E-state index is -0.447. The molecule has 2 rings (SSSR count). The zero-order valence-electron chi connectivity index (χ0n) is 18.9. The molecule has 1 aliphatic rings. The molecule has 8 nitrogen and oxygen atoms in total. The highest BCUT2D eigenvalue weighted by Gasteiger charge is 2.25. The SMILES string of the molecule is CCNC(=NCCN1CCN(C(=O)OC(C)(C)C)CC1)NCCc1csc(C)n1.I. The van der Waals surface area contributed by atoms with E-state index in [0.29, 0.717) is 13.1 Å². The van der Waals surface area contributed by atoms with Gasteiger partial charge in [-0.2, -0.15) is 0 Å². The number of guanidine groups is 1. The Bertz CT molecular complexity index is 668. The third-order valence-corrected chi connectivity index (χ3v) is 5.22. The fourth-order valence-electron chi connectivity index (χ4n) is 2.96. The molecule has 0 unspecified atom stereocenters. The number of hydrogen-bond acceptors (Lipinski definition) is 6. The number of nitrogens with one attached hydrogen (secondary N) is 2. The van der Waals surface area contributed by atoms with Crippen molar-refractivity contribution in [3.8, 4) is 0 Å². The highest BCUT2D eigenvalue weighted by molar-refractivity contribution is 14.0. The van der Waals surface area contributed by atoms with Gasteiger partial charge in [0.25, 0.3) is 0 Å². The maximum Gasteiger partial charge on any atom is 0.410 e. The molecule has 0 atom stereocenters. The molecule has 1 aromatic rings. The van der Waals surface area contributed by atoms with Crippen LogP contribution >= 0.6 is 35.3 Å². The number of halogens is 1. The van der Waals surface area contributed by atoms with Crippen LogP contribution in [-0.4, -0.2) is 84.8 Å². The molecule has 0 radical (unpaired) electrons. The molecule has 0 aliphatic carbocycles. The average molecular weight is 553 g/mol. The van der Waals surface area contributed by atoms with Crippen LogP contribution in [0, 0.1) is 6.92 Å². The van der Waals surface area contributed by atoms with Crippen molar-refractivity contribution >= 4 is 47.4 Å². The largest absolute Gasteiger partial charge is 0.444 e. The van der Waals surface area contributed by atoms with E-state index in [1.54, 1.807) is 16.2 Å². The third kappa shape index (κ3) is 10.3. The first-order chi connectivity index (χ1) is 13.8. The molecule has 2 heterocycles. The summed E-state index contributed by atoms with van der Waals surface area (Å²) >= 11 is 1.68. The highest BCUT2D eigenvalue weighted by Crippen LogP contribution is 2.11. The number of hydrogen-bond donors (Lipinski definition) is 2. The summed E-state index contributed by atoms with van der Waals surface area (Å²) in [5, 5.41) is 9.88. The van der Waals surface area contributed by atoms with Crippen molar-refractivity contribution in [3.05, 3.63) is 16.1 Å². The predicted molar refractivity (Wildman–Crippen MR) is 134 cm³/mol. The van der Waals surface area contributed by atoms with Gasteiger partial charge in [-0.3, -0.25) is 9.89 Å². The molecule has 1 aromatic heterocycles. The maximum absolute atomic E-state index is 12.1. The molecule has 1 fully saturated rings. The Kier molecular flexibility index (Phi) is 11.9. The number of carbonyl (C=O) groups is 1. The van der Waals surface area contributed by atoms with Gasteiger partial charge in [0, 0.05) is 57.6 Å². The van der Waals surface area contributed by atoms with Crippen LogP contribution < -0.4 is 10.6 Å². The van der Waals surface area contributed by atoms with Gasteiger partial charge < -0.3 is 20.3 Å². The van der Waals surface area contributed by atoms with Crippen LogP contribution in [0.3, 0.4) is 0 Å². The lowest BCUT2D eigenvalue weighted by atomic mass is 10.2. The molecule has 172 valence electrons. The fourth-order valence-corrected chi connectivity index (χ4v) is 3.60. The van der Waals surface area contributed by atoms with Crippen molar-refractivity contribution in [2.75, 3.05) is 52.4 Å². The van der Waals surface area contributed by atoms with Crippen molar-refractivity contribution < 1.29 is 9.53 Å². The van der Waals surface area contributed by atoms with E-state index in [1.807, 2.05) is 27.7 Å². The summed E-state index contributed by atoms with van der Waals surface area (Å²) in [6.45, 7) is 16.1. The van der Waals surface area contributed by atoms with Gasteiger partial charge >= 0.3 is 6.09 Å². The van der Waals surface area contributed by atoms with E-state index in [9.17, 15) is 4.79 Å². The summed E-state index contributed by atoms with van der Waals surface area (Å²) in [5.41, 5.74) is 0.676. The lowest BCUT2D eigenvalue weighted by Crippen LogP contribution is -2.50. The zero-order valence-corrected chi connectivity index (χ0v) is 22.0. The summed E-state index contributed by atoms with van der Waals surface area (Å²) < 4.78 is 5.45. The Labute approximate surface area is 201 Å². The summed E-state index contributed by atoms with van der Waals surface area (Å²) in [4.78, 5) is 25.4. The second-order valence-electron chi connectivity index (χ2n) is 8.10. The van der Waals surface area contributed by atoms with Crippen molar-refractivity contribution in [1.29, 1.82) is 0 Å². The second-order valence-corrected chi connectivity index (χ2v) is 9.17. The molecule has 1 aliphatic heterocycles. The van der Waals surface area contributed by atoms with Gasteiger partial charge in [-0.25, -0.2) is 9.78 Å². The van der Waals surface area contributed by atoms with E-state index in [0.717, 1.165) is 62.4 Å². The molecule has 1 amide bonds. The maximum atomic E-state index is 12.1. The van der Waals surface area contributed by atoms with Crippen molar-refractivity contribution in [2.24, 2.45) is 4.99 Å². The van der Waals surface area contributed by atoms with Gasteiger partial charge in [0.15, 0.2) is 5.96 Å². The second kappa shape index (κ2) is 13.3.